The Labute approximate surface area is 225 Å². The number of ether oxygens (including phenoxy) is 3. The molecule has 0 radical (unpaired) electrons. The maximum absolute atomic E-state index is 13.9. The number of carbonyl (C=O) groups is 1. The van der Waals surface area contributed by atoms with Gasteiger partial charge in [-0.3, -0.25) is 9.10 Å². The van der Waals surface area contributed by atoms with E-state index in [4.69, 9.17) is 14.2 Å². The van der Waals surface area contributed by atoms with Gasteiger partial charge in [0.05, 0.1) is 37.5 Å². The third kappa shape index (κ3) is 7.19. The van der Waals surface area contributed by atoms with Crippen LogP contribution in [0, 0.1) is 5.92 Å². The van der Waals surface area contributed by atoms with Crippen LogP contribution >= 0.6 is 0 Å². The van der Waals surface area contributed by atoms with Crippen LogP contribution in [0.15, 0.2) is 77.7 Å². The van der Waals surface area contributed by atoms with Crippen molar-refractivity contribution < 1.29 is 27.4 Å². The molecule has 0 aromatic heterocycles. The summed E-state index contributed by atoms with van der Waals surface area (Å²) in [6.45, 7) is 6.09. The van der Waals surface area contributed by atoms with Crippen molar-refractivity contribution in [2.75, 3.05) is 31.7 Å². The van der Waals surface area contributed by atoms with Crippen molar-refractivity contribution in [3.8, 4) is 17.2 Å². The highest BCUT2D eigenvalue weighted by Gasteiger charge is 2.29. The van der Waals surface area contributed by atoms with Crippen molar-refractivity contribution >= 4 is 21.6 Å². The van der Waals surface area contributed by atoms with Crippen molar-refractivity contribution in [2.45, 2.75) is 38.1 Å². The molecule has 0 spiro atoms. The normalized spacial score (nSPS) is 12.1. The summed E-state index contributed by atoms with van der Waals surface area (Å²) in [6.07, 6.45) is 0.710. The van der Waals surface area contributed by atoms with Gasteiger partial charge < -0.3 is 19.5 Å². The van der Waals surface area contributed by atoms with E-state index in [0.717, 1.165) is 9.87 Å². The molecule has 0 saturated heterocycles. The topological polar surface area (TPSA) is 94.2 Å². The molecule has 1 N–H and O–H groups in total. The van der Waals surface area contributed by atoms with Gasteiger partial charge in [0.15, 0.2) is 11.5 Å². The van der Waals surface area contributed by atoms with Gasteiger partial charge in [0, 0.05) is 6.07 Å². The fraction of sp³-hybridized carbons (Fsp3) is 0.345. The van der Waals surface area contributed by atoms with Gasteiger partial charge in [-0.25, -0.2) is 8.42 Å². The molecular formula is C29H36N2O6S. The van der Waals surface area contributed by atoms with Gasteiger partial charge in [-0.1, -0.05) is 44.2 Å². The molecule has 3 aromatic rings. The van der Waals surface area contributed by atoms with E-state index in [1.54, 1.807) is 24.3 Å². The molecule has 3 aromatic carbocycles. The minimum absolute atomic E-state index is 0.0291. The molecule has 0 aliphatic carbocycles. The zero-order chi connectivity index (χ0) is 27.7. The number of rotatable bonds is 13. The summed E-state index contributed by atoms with van der Waals surface area (Å²) in [4.78, 5) is 13.3. The van der Waals surface area contributed by atoms with E-state index in [2.05, 4.69) is 19.2 Å². The second-order valence-corrected chi connectivity index (χ2v) is 11.0. The van der Waals surface area contributed by atoms with Gasteiger partial charge in [0.1, 0.15) is 12.3 Å². The molecule has 3 rings (SSSR count). The molecule has 0 aliphatic rings. The summed E-state index contributed by atoms with van der Waals surface area (Å²) in [7, 11) is -1.25. The number of sulfonamides is 1. The van der Waals surface area contributed by atoms with Crippen molar-refractivity contribution in [1.82, 2.24) is 5.32 Å². The monoisotopic (exact) mass is 540 g/mol. The van der Waals surface area contributed by atoms with E-state index < -0.39 is 22.5 Å². The van der Waals surface area contributed by atoms with Crippen molar-refractivity contribution in [1.29, 1.82) is 0 Å². The number of carbonyl (C=O) groups excluding carboxylic acids is 1. The van der Waals surface area contributed by atoms with E-state index in [9.17, 15) is 13.2 Å². The molecule has 1 amide bonds. The van der Waals surface area contributed by atoms with Crippen LogP contribution in [0.2, 0.25) is 0 Å². The third-order valence-corrected chi connectivity index (χ3v) is 7.68. The highest BCUT2D eigenvalue weighted by molar-refractivity contribution is 7.92. The molecule has 0 bridgehead atoms. The van der Waals surface area contributed by atoms with E-state index in [1.165, 1.54) is 32.4 Å². The number of nitrogens with zero attached hydrogens (tertiary/aromatic N) is 1. The van der Waals surface area contributed by atoms with Gasteiger partial charge in [0.2, 0.25) is 5.91 Å². The molecule has 38 heavy (non-hydrogen) atoms. The highest BCUT2D eigenvalue weighted by atomic mass is 32.2. The first kappa shape index (κ1) is 28.8. The summed E-state index contributed by atoms with van der Waals surface area (Å²) >= 11 is 0. The predicted molar refractivity (Wildman–Crippen MR) is 148 cm³/mol. The van der Waals surface area contributed by atoms with Gasteiger partial charge in [-0.15, -0.1) is 0 Å². The van der Waals surface area contributed by atoms with Crippen LogP contribution in [0.1, 0.15) is 38.8 Å². The Balaban J connectivity index is 1.98. The number of hydrogen-bond donors (Lipinski definition) is 1. The molecule has 0 heterocycles. The number of amides is 1. The molecule has 1 atom stereocenters. The van der Waals surface area contributed by atoms with Gasteiger partial charge >= 0.3 is 0 Å². The largest absolute Gasteiger partial charge is 0.494 e. The minimum Gasteiger partial charge on any atom is -0.494 e. The number of benzene rings is 3. The van der Waals surface area contributed by atoms with E-state index >= 15 is 0 Å². The minimum atomic E-state index is -4.16. The summed E-state index contributed by atoms with van der Waals surface area (Å²) < 4.78 is 45.0. The van der Waals surface area contributed by atoms with Crippen molar-refractivity contribution in [3.63, 3.8) is 0 Å². The average Bonchev–Trinajstić information content (AvgIpc) is 2.91. The SMILES string of the molecule is CCOc1ccc(N(CC(=O)NC(CC(C)C)c2ccccc2)S(=O)(=O)c2ccc(OC)c(OC)c2)cc1. The average molecular weight is 541 g/mol. The Hall–Kier alpha value is -3.72. The Morgan fingerprint density at radius 2 is 1.58 bits per heavy atom. The van der Waals surface area contributed by atoms with Crippen LogP contribution in [0.5, 0.6) is 17.2 Å². The summed E-state index contributed by atoms with van der Waals surface area (Å²) in [5, 5.41) is 3.05. The quantitative estimate of drug-likeness (QED) is 0.320. The number of anilines is 1. The lowest BCUT2D eigenvalue weighted by molar-refractivity contribution is -0.120. The lowest BCUT2D eigenvalue weighted by atomic mass is 9.97. The maximum Gasteiger partial charge on any atom is 0.264 e. The van der Waals surface area contributed by atoms with Crippen LogP contribution < -0.4 is 23.8 Å². The summed E-state index contributed by atoms with van der Waals surface area (Å²) in [6, 6.07) is 20.4. The lowest BCUT2D eigenvalue weighted by Crippen LogP contribution is -2.42. The molecule has 9 heteroatoms. The summed E-state index contributed by atoms with van der Waals surface area (Å²) in [5.41, 5.74) is 1.29. The highest BCUT2D eigenvalue weighted by Crippen LogP contribution is 2.33. The maximum atomic E-state index is 13.9. The first-order chi connectivity index (χ1) is 18.2. The molecule has 1 unspecified atom stereocenters. The lowest BCUT2D eigenvalue weighted by Gasteiger charge is -2.27. The number of methoxy groups -OCH3 is 2. The zero-order valence-electron chi connectivity index (χ0n) is 22.5. The third-order valence-electron chi connectivity index (χ3n) is 5.91. The fourth-order valence-corrected chi connectivity index (χ4v) is 5.54. The molecular weight excluding hydrogens is 504 g/mol. The predicted octanol–water partition coefficient (Wildman–Crippen LogP) is 5.20. The molecule has 0 fully saturated rings. The molecule has 0 aliphatic heterocycles. The Kier molecular flexibility index (Phi) is 10.0. The summed E-state index contributed by atoms with van der Waals surface area (Å²) in [5.74, 6) is 1.17. The Morgan fingerprint density at radius 3 is 2.16 bits per heavy atom. The van der Waals surface area contributed by atoms with Crippen molar-refractivity contribution in [3.05, 3.63) is 78.4 Å². The van der Waals surface area contributed by atoms with E-state index in [0.29, 0.717) is 36.1 Å². The second kappa shape index (κ2) is 13.2. The molecule has 0 saturated carbocycles. The Bertz CT molecular complexity index is 1290. The first-order valence-corrected chi connectivity index (χ1v) is 14.0. The van der Waals surface area contributed by atoms with Gasteiger partial charge in [-0.2, -0.15) is 0 Å². The smallest absolute Gasteiger partial charge is 0.264 e. The first-order valence-electron chi connectivity index (χ1n) is 12.5. The fourth-order valence-electron chi connectivity index (χ4n) is 4.10. The van der Waals surface area contributed by atoms with Crippen LogP contribution in [0.3, 0.4) is 0 Å². The van der Waals surface area contributed by atoms with Crippen LogP contribution in [-0.4, -0.2) is 41.7 Å². The van der Waals surface area contributed by atoms with Gasteiger partial charge in [-0.05, 0) is 61.2 Å². The van der Waals surface area contributed by atoms with Crippen LogP contribution in [0.4, 0.5) is 5.69 Å². The number of hydrogen-bond acceptors (Lipinski definition) is 6. The molecule has 8 nitrogen and oxygen atoms in total. The van der Waals surface area contributed by atoms with E-state index in [-0.39, 0.29) is 16.7 Å². The van der Waals surface area contributed by atoms with E-state index in [1.807, 2.05) is 37.3 Å². The van der Waals surface area contributed by atoms with Crippen molar-refractivity contribution in [2.24, 2.45) is 5.92 Å². The van der Waals surface area contributed by atoms with Crippen LogP contribution in [0.25, 0.3) is 0 Å². The Morgan fingerprint density at radius 1 is 0.921 bits per heavy atom. The van der Waals surface area contributed by atoms with Gasteiger partial charge in [0.25, 0.3) is 10.0 Å². The number of nitrogens with one attached hydrogen (secondary N) is 1. The molecule has 204 valence electrons. The zero-order valence-corrected chi connectivity index (χ0v) is 23.3. The second-order valence-electron chi connectivity index (χ2n) is 9.12. The van der Waals surface area contributed by atoms with Crippen LogP contribution in [-0.2, 0) is 14.8 Å². The standard InChI is InChI=1S/C29H36N2O6S/c1-6-37-24-14-12-23(13-15-24)31(38(33,34)25-16-17-27(35-4)28(19-25)36-5)20-29(32)30-26(18-21(2)3)22-10-8-7-9-11-22/h7-17,19,21,26H,6,18,20H2,1-5H3,(H,30,32).